The number of morpholine rings is 1. The molecule has 0 aliphatic carbocycles. The molecule has 0 aromatic carbocycles. The molecule has 1 aliphatic heterocycles. The molecule has 0 saturated carbocycles. The Kier molecular flexibility index (Phi) is 4.20. The van der Waals surface area contributed by atoms with Crippen LogP contribution in [0.1, 0.15) is 0 Å². The van der Waals surface area contributed by atoms with Gasteiger partial charge in [0.1, 0.15) is 11.1 Å². The Morgan fingerprint density at radius 2 is 2.32 bits per heavy atom. The van der Waals surface area contributed by atoms with Crippen LogP contribution < -0.4 is 5.73 Å². The largest absolute Gasteiger partial charge is 0.391 e. The third-order valence-electron chi connectivity index (χ3n) is 2.67. The number of aromatic nitrogens is 3. The van der Waals surface area contributed by atoms with Crippen molar-refractivity contribution in [3.8, 4) is 0 Å². The molecule has 2 rings (SSSR count). The van der Waals surface area contributed by atoms with Crippen LogP contribution in [0, 0.1) is 0 Å². The Hall–Kier alpha value is -0.620. The molecule has 0 spiro atoms. The van der Waals surface area contributed by atoms with E-state index in [1.165, 1.54) is 16.0 Å². The second kappa shape index (κ2) is 5.40. The van der Waals surface area contributed by atoms with Crippen LogP contribution in [0.15, 0.2) is 9.63 Å². The molecule has 0 bridgehead atoms. The SMILES string of the molecule is Cn1nnc(Br)c1S(=O)(=O)N1CCOC(C(N)=S)C1. The minimum Gasteiger partial charge on any atom is -0.391 e. The van der Waals surface area contributed by atoms with Crippen LogP contribution in [0.4, 0.5) is 0 Å². The van der Waals surface area contributed by atoms with E-state index in [1.54, 1.807) is 0 Å². The molecule has 106 valence electrons. The molecule has 1 saturated heterocycles. The van der Waals surface area contributed by atoms with E-state index in [9.17, 15) is 8.42 Å². The van der Waals surface area contributed by atoms with Crippen molar-refractivity contribution in [2.45, 2.75) is 11.1 Å². The highest BCUT2D eigenvalue weighted by atomic mass is 79.9. The molecular weight excluding hydrogens is 358 g/mol. The zero-order chi connectivity index (χ0) is 14.2. The van der Waals surface area contributed by atoms with Gasteiger partial charge >= 0.3 is 0 Å². The van der Waals surface area contributed by atoms with Crippen molar-refractivity contribution < 1.29 is 13.2 Å². The number of ether oxygens (including phenoxy) is 1. The number of hydrogen-bond acceptors (Lipinski definition) is 6. The molecule has 2 N–H and O–H groups in total. The summed E-state index contributed by atoms with van der Waals surface area (Å²) in [5.74, 6) is 0. The summed E-state index contributed by atoms with van der Waals surface area (Å²) in [5, 5.41) is 7.33. The van der Waals surface area contributed by atoms with Gasteiger partial charge in [-0.25, -0.2) is 13.1 Å². The molecule has 1 fully saturated rings. The lowest BCUT2D eigenvalue weighted by atomic mass is 10.3. The monoisotopic (exact) mass is 369 g/mol. The van der Waals surface area contributed by atoms with Crippen molar-refractivity contribution in [3.63, 3.8) is 0 Å². The Balaban J connectivity index is 2.32. The molecule has 0 radical (unpaired) electrons. The van der Waals surface area contributed by atoms with Gasteiger partial charge in [-0.1, -0.05) is 17.4 Å². The molecule has 11 heteroatoms. The van der Waals surface area contributed by atoms with Gasteiger partial charge in [0.05, 0.1) is 6.61 Å². The van der Waals surface area contributed by atoms with E-state index >= 15 is 0 Å². The highest BCUT2D eigenvalue weighted by Crippen LogP contribution is 2.23. The molecule has 1 aromatic rings. The topological polar surface area (TPSA) is 103 Å². The third-order valence-corrected chi connectivity index (χ3v) is 5.69. The first-order valence-corrected chi connectivity index (χ1v) is 7.94. The van der Waals surface area contributed by atoms with Crippen LogP contribution >= 0.6 is 28.1 Å². The first kappa shape index (κ1) is 14.8. The molecule has 1 atom stereocenters. The lowest BCUT2D eigenvalue weighted by Crippen LogP contribution is -2.50. The number of rotatable bonds is 3. The lowest BCUT2D eigenvalue weighted by Gasteiger charge is -2.31. The molecule has 1 aliphatic rings. The number of nitrogens with two attached hydrogens (primary N) is 1. The second-order valence-corrected chi connectivity index (χ2v) is 7.01. The molecule has 0 amide bonds. The van der Waals surface area contributed by atoms with Gasteiger partial charge in [-0.2, -0.15) is 4.31 Å². The smallest absolute Gasteiger partial charge is 0.263 e. The number of sulfonamides is 1. The molecule has 1 unspecified atom stereocenters. The highest BCUT2D eigenvalue weighted by molar-refractivity contribution is 9.10. The Bertz CT molecular complexity index is 582. The van der Waals surface area contributed by atoms with E-state index in [0.717, 1.165) is 0 Å². The van der Waals surface area contributed by atoms with E-state index in [-0.39, 0.29) is 34.3 Å². The summed E-state index contributed by atoms with van der Waals surface area (Å²) in [4.78, 5) is 0.141. The quantitative estimate of drug-likeness (QED) is 0.699. The Labute approximate surface area is 124 Å². The van der Waals surface area contributed by atoms with E-state index in [0.29, 0.717) is 0 Å². The maximum absolute atomic E-state index is 12.5. The molecule has 2 heterocycles. The summed E-state index contributed by atoms with van der Waals surface area (Å²) < 4.78 is 33.0. The summed E-state index contributed by atoms with van der Waals surface area (Å²) in [6, 6.07) is 0. The van der Waals surface area contributed by atoms with E-state index in [2.05, 4.69) is 26.2 Å². The minimum atomic E-state index is -3.72. The summed E-state index contributed by atoms with van der Waals surface area (Å²) >= 11 is 7.92. The van der Waals surface area contributed by atoms with Gasteiger partial charge in [-0.05, 0) is 15.9 Å². The normalized spacial score (nSPS) is 21.5. The summed E-state index contributed by atoms with van der Waals surface area (Å²) in [5.41, 5.74) is 5.50. The minimum absolute atomic E-state index is 0.00362. The van der Waals surface area contributed by atoms with Crippen molar-refractivity contribution in [2.24, 2.45) is 12.8 Å². The molecule has 19 heavy (non-hydrogen) atoms. The van der Waals surface area contributed by atoms with Crippen molar-refractivity contribution in [1.29, 1.82) is 0 Å². The fourth-order valence-electron chi connectivity index (χ4n) is 1.74. The van der Waals surface area contributed by atoms with Crippen LogP contribution in [-0.4, -0.2) is 58.5 Å². The van der Waals surface area contributed by atoms with Gasteiger partial charge in [0, 0.05) is 20.1 Å². The second-order valence-electron chi connectivity index (χ2n) is 3.93. The number of nitrogens with zero attached hydrogens (tertiary/aromatic N) is 4. The first-order chi connectivity index (χ1) is 8.84. The van der Waals surface area contributed by atoms with Gasteiger partial charge in [0.2, 0.25) is 5.03 Å². The average molecular weight is 370 g/mol. The van der Waals surface area contributed by atoms with Crippen LogP contribution in [0.2, 0.25) is 0 Å². The number of thiocarbonyl (C=S) groups is 1. The molecule has 8 nitrogen and oxygen atoms in total. The average Bonchev–Trinajstić information content (AvgIpc) is 2.69. The third kappa shape index (κ3) is 2.79. The number of hydrogen-bond donors (Lipinski definition) is 1. The van der Waals surface area contributed by atoms with Gasteiger partial charge < -0.3 is 10.5 Å². The van der Waals surface area contributed by atoms with Crippen molar-refractivity contribution in [3.05, 3.63) is 4.60 Å². The Morgan fingerprint density at radius 1 is 1.63 bits per heavy atom. The Morgan fingerprint density at radius 3 is 2.84 bits per heavy atom. The summed E-state index contributed by atoms with van der Waals surface area (Å²) in [6.45, 7) is 0.568. The van der Waals surface area contributed by atoms with Gasteiger partial charge in [0.15, 0.2) is 4.60 Å². The fourth-order valence-corrected chi connectivity index (χ4v) is 4.33. The van der Waals surface area contributed by atoms with Gasteiger partial charge in [-0.15, -0.1) is 5.10 Å². The van der Waals surface area contributed by atoms with Crippen molar-refractivity contribution in [1.82, 2.24) is 19.3 Å². The maximum atomic E-state index is 12.5. The van der Waals surface area contributed by atoms with Gasteiger partial charge in [-0.3, -0.25) is 0 Å². The zero-order valence-electron chi connectivity index (χ0n) is 9.98. The van der Waals surface area contributed by atoms with Crippen LogP contribution in [0.25, 0.3) is 0 Å². The van der Waals surface area contributed by atoms with Crippen LogP contribution in [0.5, 0.6) is 0 Å². The predicted molar refractivity (Wildman–Crippen MR) is 74.0 cm³/mol. The van der Waals surface area contributed by atoms with Crippen molar-refractivity contribution in [2.75, 3.05) is 19.7 Å². The highest BCUT2D eigenvalue weighted by Gasteiger charge is 2.35. The van der Waals surface area contributed by atoms with E-state index in [1.807, 2.05) is 0 Å². The maximum Gasteiger partial charge on any atom is 0.263 e. The van der Waals surface area contributed by atoms with Crippen LogP contribution in [0.3, 0.4) is 0 Å². The lowest BCUT2D eigenvalue weighted by molar-refractivity contribution is 0.0384. The first-order valence-electron chi connectivity index (χ1n) is 5.30. The van der Waals surface area contributed by atoms with Crippen LogP contribution in [-0.2, 0) is 21.8 Å². The number of halogens is 1. The molecular formula is C8H12BrN5O3S2. The molecule has 1 aromatic heterocycles. The van der Waals surface area contributed by atoms with Gasteiger partial charge in [0.25, 0.3) is 10.0 Å². The predicted octanol–water partition coefficient (Wildman–Crippen LogP) is -0.747. The van der Waals surface area contributed by atoms with Crippen molar-refractivity contribution >= 4 is 43.2 Å². The van der Waals surface area contributed by atoms with E-state index < -0.39 is 16.1 Å². The fraction of sp³-hybridized carbons (Fsp3) is 0.625. The zero-order valence-corrected chi connectivity index (χ0v) is 13.2. The summed E-state index contributed by atoms with van der Waals surface area (Å²) in [6.07, 6.45) is -0.571. The van der Waals surface area contributed by atoms with E-state index in [4.69, 9.17) is 22.7 Å². The summed E-state index contributed by atoms with van der Waals surface area (Å²) in [7, 11) is -2.21. The standard InChI is InChI=1S/C8H12BrN5O3S2/c1-13-8(6(9)11-12-13)19(15,16)14-2-3-17-5(4-14)7(10)18/h5H,2-4H2,1H3,(H2,10,18). The number of aryl methyl sites for hydroxylation is 1.